The molecule has 0 aliphatic carbocycles. The van der Waals surface area contributed by atoms with Crippen LogP contribution in [0.1, 0.15) is 35.8 Å². The van der Waals surface area contributed by atoms with Crippen LogP contribution in [0, 0.1) is 6.92 Å². The third kappa shape index (κ3) is 4.42. The van der Waals surface area contributed by atoms with Crippen LogP contribution in [0.4, 0.5) is 5.95 Å². The van der Waals surface area contributed by atoms with Crippen molar-refractivity contribution in [1.29, 1.82) is 0 Å². The smallest absolute Gasteiger partial charge is 0.260 e. The Balaban J connectivity index is 1.37. The van der Waals surface area contributed by atoms with Crippen molar-refractivity contribution in [1.82, 2.24) is 29.7 Å². The first-order chi connectivity index (χ1) is 15.7. The van der Waals surface area contributed by atoms with Gasteiger partial charge in [0.1, 0.15) is 11.6 Å². The number of likely N-dealkylation sites (tertiary alicyclic amines) is 1. The molecule has 1 atom stereocenters. The third-order valence-corrected chi connectivity index (χ3v) is 6.26. The fourth-order valence-electron chi connectivity index (χ4n) is 4.61. The van der Waals surface area contributed by atoms with E-state index in [1.165, 1.54) is 43.1 Å². The van der Waals surface area contributed by atoms with Crippen LogP contribution in [-0.2, 0) is 6.54 Å². The average molecular weight is 432 g/mol. The van der Waals surface area contributed by atoms with E-state index in [2.05, 4.69) is 54.3 Å². The Morgan fingerprint density at radius 3 is 2.56 bits per heavy atom. The molecule has 1 N–H and O–H groups in total. The van der Waals surface area contributed by atoms with Crippen molar-refractivity contribution in [3.05, 3.63) is 76.1 Å². The van der Waals surface area contributed by atoms with Crippen molar-refractivity contribution in [3.8, 4) is 5.82 Å². The van der Waals surface area contributed by atoms with Gasteiger partial charge in [-0.05, 0) is 50.0 Å². The van der Waals surface area contributed by atoms with Gasteiger partial charge in [-0.15, -0.1) is 0 Å². The predicted molar refractivity (Wildman–Crippen MR) is 124 cm³/mol. The Labute approximate surface area is 188 Å². The number of nitrogens with one attached hydrogen (secondary N) is 1. The van der Waals surface area contributed by atoms with E-state index in [0.29, 0.717) is 17.6 Å². The molecule has 0 bridgehead atoms. The van der Waals surface area contributed by atoms with Crippen molar-refractivity contribution in [2.45, 2.75) is 32.4 Å². The number of rotatable bonds is 5. The van der Waals surface area contributed by atoms with Gasteiger partial charge < -0.3 is 10.2 Å². The summed E-state index contributed by atoms with van der Waals surface area (Å²) in [6, 6.07) is 12.3. The van der Waals surface area contributed by atoms with Crippen molar-refractivity contribution in [2.24, 2.45) is 0 Å². The zero-order chi connectivity index (χ0) is 21.9. The molecule has 2 aliphatic rings. The van der Waals surface area contributed by atoms with E-state index in [0.717, 1.165) is 26.2 Å². The minimum Gasteiger partial charge on any atom is -0.339 e. The third-order valence-electron chi connectivity index (χ3n) is 6.26. The Hall–Kier alpha value is -3.10. The number of nitrogens with zero attached hydrogens (tertiary/aromatic N) is 6. The predicted octanol–water partition coefficient (Wildman–Crippen LogP) is 2.08. The number of benzene rings is 1. The van der Waals surface area contributed by atoms with E-state index >= 15 is 0 Å². The quantitative estimate of drug-likeness (QED) is 0.663. The minimum atomic E-state index is -0.144. The van der Waals surface area contributed by atoms with Gasteiger partial charge >= 0.3 is 0 Å². The number of hydrogen-bond donors (Lipinski definition) is 1. The maximum atomic E-state index is 12.7. The van der Waals surface area contributed by atoms with Crippen molar-refractivity contribution < 1.29 is 0 Å². The molecule has 2 aliphatic heterocycles. The molecule has 1 aromatic carbocycles. The molecule has 2 saturated heterocycles. The lowest BCUT2D eigenvalue weighted by atomic mass is 10.0. The first-order valence-corrected chi connectivity index (χ1v) is 11.3. The molecular formula is C24H29N7O. The summed E-state index contributed by atoms with van der Waals surface area (Å²) in [4.78, 5) is 30.6. The molecule has 0 spiro atoms. The number of aryl methyl sites for hydroxylation is 1. The maximum absolute atomic E-state index is 12.7. The molecule has 166 valence electrons. The zero-order valence-corrected chi connectivity index (χ0v) is 18.4. The lowest BCUT2D eigenvalue weighted by Crippen LogP contribution is -2.47. The first-order valence-electron chi connectivity index (χ1n) is 11.3. The standard InChI is InChI=1S/C24H29N7O/c1-18-25-10-8-22(28-18)31-23(32)9-11-27-24(31)30-15-12-26-21(17-30)20-6-4-19(5-7-20)16-29-13-2-3-14-29/h4-11,21,26H,2-3,12-17H2,1H3. The second-order valence-electron chi connectivity index (χ2n) is 8.56. The molecule has 1 unspecified atom stereocenters. The van der Waals surface area contributed by atoms with E-state index < -0.39 is 0 Å². The van der Waals surface area contributed by atoms with Crippen LogP contribution in [0.25, 0.3) is 5.82 Å². The van der Waals surface area contributed by atoms with Gasteiger partial charge in [0.05, 0.1) is 0 Å². The molecule has 4 heterocycles. The monoisotopic (exact) mass is 431 g/mol. The summed E-state index contributed by atoms with van der Waals surface area (Å²) >= 11 is 0. The molecule has 0 radical (unpaired) electrons. The summed E-state index contributed by atoms with van der Waals surface area (Å²) in [6.45, 7) is 7.57. The van der Waals surface area contributed by atoms with Crippen LogP contribution in [0.5, 0.6) is 0 Å². The van der Waals surface area contributed by atoms with Gasteiger partial charge in [0, 0.05) is 50.7 Å². The maximum Gasteiger partial charge on any atom is 0.260 e. The Kier molecular flexibility index (Phi) is 5.96. The highest BCUT2D eigenvalue weighted by Gasteiger charge is 2.25. The minimum absolute atomic E-state index is 0.144. The molecule has 8 nitrogen and oxygen atoms in total. The molecule has 3 aromatic rings. The summed E-state index contributed by atoms with van der Waals surface area (Å²) in [5.74, 6) is 1.79. The van der Waals surface area contributed by atoms with E-state index in [1.807, 2.05) is 6.92 Å². The van der Waals surface area contributed by atoms with Crippen LogP contribution < -0.4 is 15.8 Å². The van der Waals surface area contributed by atoms with Gasteiger partial charge in [-0.1, -0.05) is 24.3 Å². The first kappa shape index (κ1) is 20.8. The Morgan fingerprint density at radius 1 is 1.00 bits per heavy atom. The van der Waals surface area contributed by atoms with Gasteiger partial charge in [0.2, 0.25) is 5.95 Å². The largest absolute Gasteiger partial charge is 0.339 e. The van der Waals surface area contributed by atoms with E-state index in [-0.39, 0.29) is 11.6 Å². The highest BCUT2D eigenvalue weighted by Crippen LogP contribution is 2.23. The molecule has 2 fully saturated rings. The van der Waals surface area contributed by atoms with Gasteiger partial charge in [-0.2, -0.15) is 0 Å². The van der Waals surface area contributed by atoms with Crippen LogP contribution in [-0.4, -0.2) is 57.1 Å². The number of anilines is 1. The second kappa shape index (κ2) is 9.18. The number of piperazine rings is 1. The Bertz CT molecular complexity index is 1120. The van der Waals surface area contributed by atoms with Crippen molar-refractivity contribution in [2.75, 3.05) is 37.6 Å². The molecule has 32 heavy (non-hydrogen) atoms. The molecule has 5 rings (SSSR count). The molecule has 0 saturated carbocycles. The van der Waals surface area contributed by atoms with E-state index in [4.69, 9.17) is 0 Å². The molecule has 8 heteroatoms. The molecule has 2 aromatic heterocycles. The fraction of sp³-hybridized carbons (Fsp3) is 0.417. The lowest BCUT2D eigenvalue weighted by molar-refractivity contribution is 0.331. The zero-order valence-electron chi connectivity index (χ0n) is 18.4. The van der Waals surface area contributed by atoms with Crippen LogP contribution in [0.15, 0.2) is 53.6 Å². The van der Waals surface area contributed by atoms with Gasteiger partial charge in [0.25, 0.3) is 5.56 Å². The number of hydrogen-bond acceptors (Lipinski definition) is 7. The SMILES string of the molecule is Cc1nccc(-n2c(N3CCNC(c4ccc(CN5CCCC5)cc4)C3)nccc2=O)n1. The summed E-state index contributed by atoms with van der Waals surface area (Å²) in [7, 11) is 0. The second-order valence-corrected chi connectivity index (χ2v) is 8.56. The summed E-state index contributed by atoms with van der Waals surface area (Å²) in [5.41, 5.74) is 2.47. The van der Waals surface area contributed by atoms with Crippen molar-refractivity contribution in [3.63, 3.8) is 0 Å². The lowest BCUT2D eigenvalue weighted by Gasteiger charge is -2.35. The van der Waals surface area contributed by atoms with Crippen LogP contribution in [0.3, 0.4) is 0 Å². The van der Waals surface area contributed by atoms with Gasteiger partial charge in [0.15, 0.2) is 0 Å². The highest BCUT2D eigenvalue weighted by molar-refractivity contribution is 5.41. The van der Waals surface area contributed by atoms with E-state index in [1.54, 1.807) is 23.0 Å². The Morgan fingerprint density at radius 2 is 1.78 bits per heavy atom. The fourth-order valence-corrected chi connectivity index (χ4v) is 4.61. The summed E-state index contributed by atoms with van der Waals surface area (Å²) < 4.78 is 1.58. The molecule has 0 amide bonds. The summed E-state index contributed by atoms with van der Waals surface area (Å²) in [5, 5.41) is 3.62. The summed E-state index contributed by atoms with van der Waals surface area (Å²) in [6.07, 6.45) is 5.87. The average Bonchev–Trinajstić information content (AvgIpc) is 3.32. The topological polar surface area (TPSA) is 79.2 Å². The van der Waals surface area contributed by atoms with Gasteiger partial charge in [-0.3, -0.25) is 9.69 Å². The van der Waals surface area contributed by atoms with E-state index in [9.17, 15) is 4.79 Å². The van der Waals surface area contributed by atoms with Crippen LogP contribution >= 0.6 is 0 Å². The van der Waals surface area contributed by atoms with Crippen LogP contribution in [0.2, 0.25) is 0 Å². The highest BCUT2D eigenvalue weighted by atomic mass is 16.1. The normalized spacial score (nSPS) is 19.4. The number of aromatic nitrogens is 4. The van der Waals surface area contributed by atoms with Gasteiger partial charge in [-0.25, -0.2) is 19.5 Å². The van der Waals surface area contributed by atoms with Crippen molar-refractivity contribution >= 4 is 5.95 Å². The molecular weight excluding hydrogens is 402 g/mol.